The van der Waals surface area contributed by atoms with Gasteiger partial charge in [-0.2, -0.15) is 11.0 Å². The number of nitrogens with one attached hydrogen (secondary N) is 2. The van der Waals surface area contributed by atoms with Crippen molar-refractivity contribution < 1.29 is 19.3 Å². The molecule has 0 bridgehead atoms. The fraction of sp³-hybridized carbons (Fsp3) is 0.119. The molecule has 6 aromatic rings. The molecule has 0 amide bonds. The van der Waals surface area contributed by atoms with Crippen LogP contribution in [0.4, 0.5) is 0 Å². The molecule has 0 aromatic heterocycles. The highest BCUT2D eigenvalue weighted by atomic mass is 35.5. The number of rotatable bonds is 13. The molecule has 6 aromatic carbocycles. The van der Waals surface area contributed by atoms with E-state index in [1.54, 1.807) is 12.1 Å². The van der Waals surface area contributed by atoms with Crippen LogP contribution in [0, 0.1) is 0 Å². The maximum absolute atomic E-state index is 10.0. The first-order chi connectivity index (χ1) is 24.3. The molecular formula is C42H48Cl3N3O4. The van der Waals surface area contributed by atoms with E-state index in [1.807, 2.05) is 146 Å². The Morgan fingerprint density at radius 2 is 0.673 bits per heavy atom. The van der Waals surface area contributed by atoms with E-state index in [-0.39, 0.29) is 37.2 Å². The van der Waals surface area contributed by atoms with Gasteiger partial charge in [0.1, 0.15) is 6.29 Å². The Morgan fingerprint density at radius 1 is 0.404 bits per heavy atom. The zero-order valence-corrected chi connectivity index (χ0v) is 31.3. The molecule has 0 aliphatic rings. The van der Waals surface area contributed by atoms with Gasteiger partial charge < -0.3 is 0 Å². The fourth-order valence-corrected chi connectivity index (χ4v) is 4.08. The van der Waals surface area contributed by atoms with E-state index in [0.717, 1.165) is 30.5 Å². The van der Waals surface area contributed by atoms with E-state index in [0.29, 0.717) is 19.8 Å². The number of benzene rings is 6. The maximum Gasteiger partial charge on any atom is 0.150 e. The van der Waals surface area contributed by atoms with Crippen molar-refractivity contribution in [3.8, 4) is 0 Å². The summed E-state index contributed by atoms with van der Waals surface area (Å²) < 4.78 is 0. The Labute approximate surface area is 326 Å². The van der Waals surface area contributed by atoms with Gasteiger partial charge in [0, 0.05) is 18.7 Å². The normalized spacial score (nSPS) is 9.25. The SMILES string of the molecule is Cl.Cl.Cl.NOCc1ccccc1.O=Cc1ccccc1.c1ccc(CNOCc2ccccc2)cc1.c1ccc(CNOCc2ccccc2)cc1. The molecule has 276 valence electrons. The maximum atomic E-state index is 10.0. The van der Waals surface area contributed by atoms with Gasteiger partial charge in [-0.25, -0.2) is 5.90 Å². The van der Waals surface area contributed by atoms with Crippen LogP contribution in [0.2, 0.25) is 0 Å². The Morgan fingerprint density at radius 3 is 0.942 bits per heavy atom. The molecule has 4 N–H and O–H groups in total. The summed E-state index contributed by atoms with van der Waals surface area (Å²) in [6.07, 6.45) is 0.833. The summed E-state index contributed by atoms with van der Waals surface area (Å²) in [7, 11) is 0. The van der Waals surface area contributed by atoms with Gasteiger partial charge in [0.2, 0.25) is 0 Å². The molecular weight excluding hydrogens is 717 g/mol. The van der Waals surface area contributed by atoms with E-state index in [2.05, 4.69) is 40.1 Å². The molecule has 52 heavy (non-hydrogen) atoms. The molecule has 0 fully saturated rings. The number of hydroxylamine groups is 2. The van der Waals surface area contributed by atoms with Crippen LogP contribution in [0.1, 0.15) is 38.2 Å². The Hall–Kier alpha value is -4.38. The third-order valence-electron chi connectivity index (χ3n) is 6.63. The predicted molar refractivity (Wildman–Crippen MR) is 218 cm³/mol. The summed E-state index contributed by atoms with van der Waals surface area (Å²) in [4.78, 5) is 25.2. The Kier molecular flexibility index (Phi) is 29.8. The Balaban J connectivity index is 0.000000681. The van der Waals surface area contributed by atoms with E-state index in [9.17, 15) is 4.79 Å². The van der Waals surface area contributed by atoms with Gasteiger partial charge in [0.25, 0.3) is 0 Å². The molecule has 0 spiro atoms. The van der Waals surface area contributed by atoms with E-state index in [1.165, 1.54) is 22.3 Å². The minimum atomic E-state index is 0. The molecule has 0 atom stereocenters. The van der Waals surface area contributed by atoms with Gasteiger partial charge >= 0.3 is 0 Å². The summed E-state index contributed by atoms with van der Waals surface area (Å²) in [6.45, 7) is 3.13. The molecule has 10 heteroatoms. The summed E-state index contributed by atoms with van der Waals surface area (Å²) in [5.74, 6) is 4.86. The van der Waals surface area contributed by atoms with Gasteiger partial charge in [-0.1, -0.05) is 182 Å². The minimum absolute atomic E-state index is 0. The lowest BCUT2D eigenvalue weighted by Gasteiger charge is -2.05. The molecule has 0 saturated carbocycles. The number of hydrogen-bond acceptors (Lipinski definition) is 7. The van der Waals surface area contributed by atoms with Gasteiger partial charge in [0.05, 0.1) is 19.8 Å². The first kappa shape index (κ1) is 47.6. The van der Waals surface area contributed by atoms with Crippen LogP contribution in [-0.4, -0.2) is 6.29 Å². The number of aldehydes is 1. The standard InChI is InChI=1S/2C14H15NO.C7H9NO.C7H6O.3ClH/c2*1-3-7-13(8-4-1)11-15-16-12-14-9-5-2-6-10-14;8-9-6-7-4-2-1-3-5-7;8-6-7-4-2-1-3-5-7;;;/h2*1-10,15H,11-12H2;1-5H,6,8H2;1-6H;3*1H. The lowest BCUT2D eigenvalue weighted by atomic mass is 10.2. The lowest BCUT2D eigenvalue weighted by Crippen LogP contribution is -2.13. The zero-order chi connectivity index (χ0) is 34.5. The van der Waals surface area contributed by atoms with Crippen LogP contribution in [-0.2, 0) is 47.4 Å². The van der Waals surface area contributed by atoms with Crippen molar-refractivity contribution in [2.75, 3.05) is 0 Å². The molecule has 7 nitrogen and oxygen atoms in total. The van der Waals surface area contributed by atoms with Crippen molar-refractivity contribution >= 4 is 43.5 Å². The van der Waals surface area contributed by atoms with Crippen molar-refractivity contribution in [1.82, 2.24) is 11.0 Å². The predicted octanol–water partition coefficient (Wildman–Crippen LogP) is 9.66. The number of carbonyl (C=O) groups excluding carboxylic acids is 1. The zero-order valence-electron chi connectivity index (χ0n) is 28.9. The second-order valence-corrected chi connectivity index (χ2v) is 10.5. The molecule has 0 unspecified atom stereocenters. The third kappa shape index (κ3) is 23.2. The minimum Gasteiger partial charge on any atom is -0.300 e. The topological polar surface area (TPSA) is 94.8 Å². The van der Waals surface area contributed by atoms with Gasteiger partial charge in [-0.15, -0.1) is 37.2 Å². The van der Waals surface area contributed by atoms with Gasteiger partial charge in [0.15, 0.2) is 0 Å². The molecule has 0 saturated heterocycles. The number of nitrogens with two attached hydrogens (primary N) is 1. The van der Waals surface area contributed by atoms with Gasteiger partial charge in [-0.3, -0.25) is 19.3 Å². The van der Waals surface area contributed by atoms with Crippen LogP contribution >= 0.6 is 37.2 Å². The second-order valence-electron chi connectivity index (χ2n) is 10.5. The molecule has 0 aliphatic heterocycles. The fourth-order valence-electron chi connectivity index (χ4n) is 4.08. The van der Waals surface area contributed by atoms with Crippen molar-refractivity contribution in [2.45, 2.75) is 32.9 Å². The van der Waals surface area contributed by atoms with Crippen LogP contribution in [0.15, 0.2) is 182 Å². The van der Waals surface area contributed by atoms with Crippen molar-refractivity contribution in [3.63, 3.8) is 0 Å². The quantitative estimate of drug-likeness (QED) is 0.0613. The molecule has 0 heterocycles. The van der Waals surface area contributed by atoms with Crippen LogP contribution in [0.25, 0.3) is 0 Å². The Bertz CT molecular complexity index is 1460. The summed E-state index contributed by atoms with van der Waals surface area (Å²) >= 11 is 0. The van der Waals surface area contributed by atoms with Gasteiger partial charge in [-0.05, 0) is 27.8 Å². The largest absolute Gasteiger partial charge is 0.300 e. The monoisotopic (exact) mass is 763 g/mol. The first-order valence-corrected chi connectivity index (χ1v) is 16.0. The molecule has 0 radical (unpaired) electrons. The smallest absolute Gasteiger partial charge is 0.150 e. The summed E-state index contributed by atoms with van der Waals surface area (Å²) in [6, 6.07) is 59.5. The van der Waals surface area contributed by atoms with E-state index in [4.69, 9.17) is 15.6 Å². The van der Waals surface area contributed by atoms with Crippen LogP contribution in [0.5, 0.6) is 0 Å². The van der Waals surface area contributed by atoms with Crippen LogP contribution < -0.4 is 16.9 Å². The summed E-state index contributed by atoms with van der Waals surface area (Å²) in [5.41, 5.74) is 12.5. The average molecular weight is 765 g/mol. The summed E-state index contributed by atoms with van der Waals surface area (Å²) in [5, 5.41) is 0. The van der Waals surface area contributed by atoms with Crippen LogP contribution in [0.3, 0.4) is 0 Å². The second kappa shape index (κ2) is 32.5. The first-order valence-electron chi connectivity index (χ1n) is 16.0. The average Bonchev–Trinajstić information content (AvgIpc) is 3.18. The highest BCUT2D eigenvalue weighted by molar-refractivity contribution is 5.86. The number of hydrogen-bond donors (Lipinski definition) is 3. The highest BCUT2D eigenvalue weighted by Gasteiger charge is 1.94. The van der Waals surface area contributed by atoms with Crippen molar-refractivity contribution in [3.05, 3.63) is 215 Å². The highest BCUT2D eigenvalue weighted by Crippen LogP contribution is 2.03. The molecule has 0 aliphatic carbocycles. The lowest BCUT2D eigenvalue weighted by molar-refractivity contribution is 0.0235. The van der Waals surface area contributed by atoms with Crippen molar-refractivity contribution in [1.29, 1.82) is 0 Å². The van der Waals surface area contributed by atoms with Crippen molar-refractivity contribution in [2.24, 2.45) is 5.90 Å². The third-order valence-corrected chi connectivity index (χ3v) is 6.63. The number of halogens is 3. The van der Waals surface area contributed by atoms with E-state index >= 15 is 0 Å². The molecule has 6 rings (SSSR count). The number of carbonyl (C=O) groups is 1. The van der Waals surface area contributed by atoms with E-state index < -0.39 is 0 Å².